The van der Waals surface area contributed by atoms with Crippen LogP contribution >= 0.6 is 23.2 Å². The van der Waals surface area contributed by atoms with Gasteiger partial charge in [-0.05, 0) is 18.1 Å². The third-order valence-corrected chi connectivity index (χ3v) is 3.08. The summed E-state index contributed by atoms with van der Waals surface area (Å²) in [6.45, 7) is 4.02. The number of hydrogen-bond donors (Lipinski definition) is 2. The van der Waals surface area contributed by atoms with Gasteiger partial charge >= 0.3 is 0 Å². The Morgan fingerprint density at radius 1 is 1.33 bits per heavy atom. The van der Waals surface area contributed by atoms with Gasteiger partial charge in [0.05, 0.1) is 6.10 Å². The van der Waals surface area contributed by atoms with Gasteiger partial charge in [0.15, 0.2) is 0 Å². The molecule has 1 aromatic rings. The minimum atomic E-state index is -0.901. The molecule has 0 bridgehead atoms. The molecule has 0 aromatic heterocycles. The van der Waals surface area contributed by atoms with Crippen molar-refractivity contribution in [2.45, 2.75) is 26.4 Å². The summed E-state index contributed by atoms with van der Waals surface area (Å²) in [5, 5.41) is 13.4. The number of benzene rings is 1. The van der Waals surface area contributed by atoms with Gasteiger partial charge in [-0.3, -0.25) is 4.79 Å². The number of rotatable bonds is 5. The highest BCUT2D eigenvalue weighted by Gasteiger charge is 2.16. The van der Waals surface area contributed by atoms with Crippen LogP contribution in [0.3, 0.4) is 0 Å². The molecule has 0 saturated carbocycles. The van der Waals surface area contributed by atoms with Crippen LogP contribution in [0.1, 0.15) is 31.9 Å². The van der Waals surface area contributed by atoms with Crippen LogP contribution in [0, 0.1) is 5.92 Å². The van der Waals surface area contributed by atoms with Crippen LogP contribution < -0.4 is 5.32 Å². The molecular weight excluding hydrogens is 273 g/mol. The van der Waals surface area contributed by atoms with E-state index in [9.17, 15) is 9.90 Å². The van der Waals surface area contributed by atoms with E-state index in [4.69, 9.17) is 23.2 Å². The number of nitrogens with one attached hydrogen (secondary N) is 1. The molecule has 1 rings (SSSR count). The molecule has 5 heteroatoms. The SMILES string of the molecule is CC(C)CC(=O)NCC(O)c1c(Cl)cccc1Cl. The van der Waals surface area contributed by atoms with E-state index in [2.05, 4.69) is 5.32 Å². The largest absolute Gasteiger partial charge is 0.386 e. The molecule has 0 aliphatic carbocycles. The lowest BCUT2D eigenvalue weighted by molar-refractivity contribution is -0.122. The molecule has 100 valence electrons. The maximum atomic E-state index is 11.5. The van der Waals surface area contributed by atoms with Crippen molar-refractivity contribution in [3.63, 3.8) is 0 Å². The molecule has 0 saturated heterocycles. The molecule has 0 aliphatic rings. The summed E-state index contributed by atoms with van der Waals surface area (Å²) in [7, 11) is 0. The van der Waals surface area contributed by atoms with Crippen molar-refractivity contribution >= 4 is 29.1 Å². The summed E-state index contributed by atoms with van der Waals surface area (Å²) in [4.78, 5) is 11.5. The first-order chi connectivity index (χ1) is 8.41. The van der Waals surface area contributed by atoms with Gasteiger partial charge in [-0.25, -0.2) is 0 Å². The lowest BCUT2D eigenvalue weighted by Gasteiger charge is -2.15. The van der Waals surface area contributed by atoms with Crippen LogP contribution in [0.5, 0.6) is 0 Å². The Kier molecular flexibility index (Phi) is 5.93. The molecule has 18 heavy (non-hydrogen) atoms. The maximum Gasteiger partial charge on any atom is 0.220 e. The van der Waals surface area contributed by atoms with Gasteiger partial charge in [0, 0.05) is 28.6 Å². The molecule has 3 nitrogen and oxygen atoms in total. The summed E-state index contributed by atoms with van der Waals surface area (Å²) in [6, 6.07) is 5.02. The molecule has 0 aliphatic heterocycles. The fourth-order valence-corrected chi connectivity index (χ4v) is 2.23. The quantitative estimate of drug-likeness (QED) is 0.875. The minimum absolute atomic E-state index is 0.0905. The molecule has 1 atom stereocenters. The standard InChI is InChI=1S/C13H17Cl2NO2/c1-8(2)6-12(18)16-7-11(17)13-9(14)4-3-5-10(13)15/h3-5,8,11,17H,6-7H2,1-2H3,(H,16,18). The molecule has 0 radical (unpaired) electrons. The molecular formula is C13H17Cl2NO2. The van der Waals surface area contributed by atoms with Crippen LogP contribution in [-0.2, 0) is 4.79 Å². The molecule has 0 spiro atoms. The lowest BCUT2D eigenvalue weighted by atomic mass is 10.1. The summed E-state index contributed by atoms with van der Waals surface area (Å²) in [6.07, 6.45) is -0.467. The number of carbonyl (C=O) groups is 1. The Bertz CT molecular complexity index is 401. The third kappa shape index (κ3) is 4.48. The van der Waals surface area contributed by atoms with Crippen molar-refractivity contribution in [3.05, 3.63) is 33.8 Å². The molecule has 2 N–H and O–H groups in total. The number of hydrogen-bond acceptors (Lipinski definition) is 2. The second-order valence-corrected chi connectivity index (χ2v) is 5.37. The van der Waals surface area contributed by atoms with Gasteiger partial charge in [0.25, 0.3) is 0 Å². The fraction of sp³-hybridized carbons (Fsp3) is 0.462. The maximum absolute atomic E-state index is 11.5. The van der Waals surface area contributed by atoms with E-state index in [1.54, 1.807) is 18.2 Å². The highest BCUT2D eigenvalue weighted by atomic mass is 35.5. The summed E-state index contributed by atoms with van der Waals surface area (Å²) >= 11 is 11.9. The first-order valence-electron chi connectivity index (χ1n) is 5.80. The Morgan fingerprint density at radius 2 is 1.89 bits per heavy atom. The monoisotopic (exact) mass is 289 g/mol. The molecule has 0 heterocycles. The summed E-state index contributed by atoms with van der Waals surface area (Å²) in [5.41, 5.74) is 0.450. The molecule has 1 amide bonds. The second-order valence-electron chi connectivity index (χ2n) is 4.55. The van der Waals surface area contributed by atoms with E-state index in [-0.39, 0.29) is 18.4 Å². The topological polar surface area (TPSA) is 49.3 Å². The Hall–Kier alpha value is -0.770. The van der Waals surface area contributed by atoms with E-state index < -0.39 is 6.10 Å². The van der Waals surface area contributed by atoms with Crippen LogP contribution in [0.15, 0.2) is 18.2 Å². The normalized spacial score (nSPS) is 12.6. The first kappa shape index (κ1) is 15.3. The van der Waals surface area contributed by atoms with E-state index in [1.807, 2.05) is 13.8 Å². The number of aliphatic hydroxyl groups is 1. The van der Waals surface area contributed by atoms with E-state index >= 15 is 0 Å². The Labute approximate surface area is 117 Å². The summed E-state index contributed by atoms with van der Waals surface area (Å²) < 4.78 is 0. The zero-order valence-electron chi connectivity index (χ0n) is 10.4. The van der Waals surface area contributed by atoms with Gasteiger partial charge in [-0.2, -0.15) is 0 Å². The Morgan fingerprint density at radius 3 is 2.39 bits per heavy atom. The smallest absolute Gasteiger partial charge is 0.220 e. The van der Waals surface area contributed by atoms with Gasteiger partial charge < -0.3 is 10.4 Å². The third-order valence-electron chi connectivity index (χ3n) is 2.42. The van der Waals surface area contributed by atoms with E-state index in [1.165, 1.54) is 0 Å². The van der Waals surface area contributed by atoms with Gasteiger partial charge in [-0.15, -0.1) is 0 Å². The van der Waals surface area contributed by atoms with E-state index in [0.717, 1.165) is 0 Å². The van der Waals surface area contributed by atoms with E-state index in [0.29, 0.717) is 22.0 Å². The highest BCUT2D eigenvalue weighted by molar-refractivity contribution is 6.36. The average molecular weight is 290 g/mol. The van der Waals surface area contributed by atoms with Crippen molar-refractivity contribution < 1.29 is 9.90 Å². The highest BCUT2D eigenvalue weighted by Crippen LogP contribution is 2.29. The van der Waals surface area contributed by atoms with Crippen LogP contribution in [-0.4, -0.2) is 17.6 Å². The predicted octanol–water partition coefficient (Wildman–Crippen LogP) is 3.19. The van der Waals surface area contributed by atoms with Crippen molar-refractivity contribution in [1.29, 1.82) is 0 Å². The van der Waals surface area contributed by atoms with Crippen LogP contribution in [0.4, 0.5) is 0 Å². The zero-order chi connectivity index (χ0) is 13.7. The Balaban J connectivity index is 2.61. The average Bonchev–Trinajstić information content (AvgIpc) is 2.25. The van der Waals surface area contributed by atoms with Gasteiger partial charge in [0.1, 0.15) is 0 Å². The number of halogens is 2. The second kappa shape index (κ2) is 6.98. The minimum Gasteiger partial charge on any atom is -0.386 e. The van der Waals surface area contributed by atoms with Crippen molar-refractivity contribution in [1.82, 2.24) is 5.32 Å². The number of carbonyl (C=O) groups excluding carboxylic acids is 1. The van der Waals surface area contributed by atoms with Crippen LogP contribution in [0.25, 0.3) is 0 Å². The summed E-state index contributed by atoms with van der Waals surface area (Å²) in [5.74, 6) is 0.193. The number of aliphatic hydroxyl groups excluding tert-OH is 1. The van der Waals surface area contributed by atoms with Crippen molar-refractivity contribution in [3.8, 4) is 0 Å². The molecule has 1 aromatic carbocycles. The number of amides is 1. The zero-order valence-corrected chi connectivity index (χ0v) is 11.9. The first-order valence-corrected chi connectivity index (χ1v) is 6.56. The van der Waals surface area contributed by atoms with Crippen LogP contribution in [0.2, 0.25) is 10.0 Å². The van der Waals surface area contributed by atoms with Gasteiger partial charge in [0.2, 0.25) is 5.91 Å². The van der Waals surface area contributed by atoms with Gasteiger partial charge in [-0.1, -0.05) is 43.1 Å². The lowest BCUT2D eigenvalue weighted by Crippen LogP contribution is -2.29. The predicted molar refractivity (Wildman–Crippen MR) is 73.9 cm³/mol. The van der Waals surface area contributed by atoms with Crippen molar-refractivity contribution in [2.75, 3.05) is 6.54 Å². The molecule has 1 unspecified atom stereocenters. The molecule has 0 fully saturated rings. The fourth-order valence-electron chi connectivity index (χ4n) is 1.58. The van der Waals surface area contributed by atoms with Crippen molar-refractivity contribution in [2.24, 2.45) is 5.92 Å².